The van der Waals surface area contributed by atoms with E-state index < -0.39 is 17.6 Å². The highest BCUT2D eigenvalue weighted by atomic mass is 79.9. The number of aromatic nitrogens is 1. The quantitative estimate of drug-likeness (QED) is 0.149. The predicted octanol–water partition coefficient (Wildman–Crippen LogP) is 5.75. The zero-order valence-corrected chi connectivity index (χ0v) is 23.2. The third-order valence-corrected chi connectivity index (χ3v) is 6.56. The van der Waals surface area contributed by atoms with Crippen LogP contribution < -0.4 is 20.1 Å². The number of para-hydroxylation sites is 1. The number of H-pyrrole nitrogens is 1. The van der Waals surface area contributed by atoms with Gasteiger partial charge in [0.05, 0.1) is 6.61 Å². The maximum absolute atomic E-state index is 13.1. The van der Waals surface area contributed by atoms with Gasteiger partial charge in [-0.3, -0.25) is 9.59 Å². The first-order valence-electron chi connectivity index (χ1n) is 12.5. The molecule has 0 aliphatic rings. The van der Waals surface area contributed by atoms with E-state index in [1.165, 1.54) is 30.3 Å². The first-order valence-corrected chi connectivity index (χ1v) is 13.3. The van der Waals surface area contributed by atoms with Crippen LogP contribution >= 0.6 is 15.9 Å². The molecular weight excluding hydrogens is 579 g/mol. The summed E-state index contributed by atoms with van der Waals surface area (Å²) in [5.41, 5.74) is 2.98. The van der Waals surface area contributed by atoms with Crippen molar-refractivity contribution in [3.8, 4) is 17.6 Å². The summed E-state index contributed by atoms with van der Waals surface area (Å²) in [6.45, 7) is 2.16. The first kappa shape index (κ1) is 28.4. The van der Waals surface area contributed by atoms with Crippen LogP contribution in [0.15, 0.2) is 76.9 Å². The van der Waals surface area contributed by atoms with Crippen molar-refractivity contribution in [2.75, 3.05) is 25.1 Å². The molecule has 1 heterocycles. The average Bonchev–Trinajstić information content (AvgIpc) is 3.36. The third kappa shape index (κ3) is 7.27. The molecule has 40 heavy (non-hydrogen) atoms. The highest BCUT2D eigenvalue weighted by molar-refractivity contribution is 9.10. The number of hydrogen-bond acceptors (Lipinski definition) is 5. The van der Waals surface area contributed by atoms with Crippen LogP contribution in [0, 0.1) is 17.1 Å². The lowest BCUT2D eigenvalue weighted by molar-refractivity contribution is -0.118. The Bertz CT molecular complexity index is 1590. The lowest BCUT2D eigenvalue weighted by Crippen LogP contribution is -2.26. The van der Waals surface area contributed by atoms with Crippen molar-refractivity contribution in [2.45, 2.75) is 13.3 Å². The normalized spacial score (nSPS) is 11.1. The molecule has 4 rings (SSSR count). The number of anilines is 1. The van der Waals surface area contributed by atoms with Gasteiger partial charge in [0.15, 0.2) is 18.1 Å². The first-order chi connectivity index (χ1) is 19.4. The summed E-state index contributed by atoms with van der Waals surface area (Å²) in [6, 6.07) is 18.5. The number of nitriles is 1. The number of fused-ring (bicyclic) bond motifs is 1. The molecule has 0 fully saturated rings. The van der Waals surface area contributed by atoms with Crippen LogP contribution in [0.1, 0.15) is 18.1 Å². The van der Waals surface area contributed by atoms with E-state index in [0.29, 0.717) is 46.8 Å². The molecule has 0 bridgehead atoms. The van der Waals surface area contributed by atoms with Crippen LogP contribution in [0.5, 0.6) is 11.5 Å². The van der Waals surface area contributed by atoms with Crippen molar-refractivity contribution in [3.05, 3.63) is 93.9 Å². The number of rotatable bonds is 11. The standard InChI is InChI=1S/C30H26BrFN4O4/c1-2-39-27-14-20(25(31)15-28(27)40-18-29(37)36-23-9-7-22(32)8-10-23)13-21(16-33)30(38)34-12-11-19-17-35-26-6-4-3-5-24(19)26/h3-10,13-15,17,35H,2,11-12,18H2,1H3,(H,34,38)(H,36,37)/b21-13-. The fraction of sp³-hybridized carbons (Fsp3) is 0.167. The predicted molar refractivity (Wildman–Crippen MR) is 154 cm³/mol. The Morgan fingerprint density at radius 2 is 1.85 bits per heavy atom. The Morgan fingerprint density at radius 1 is 1.10 bits per heavy atom. The van der Waals surface area contributed by atoms with Gasteiger partial charge in [-0.2, -0.15) is 5.26 Å². The van der Waals surface area contributed by atoms with Gasteiger partial charge in [-0.25, -0.2) is 4.39 Å². The SMILES string of the molecule is CCOc1cc(/C=C(/C#N)C(=O)NCCc2c[nH]c3ccccc23)c(Br)cc1OCC(=O)Nc1ccc(F)cc1. The molecule has 1 aromatic heterocycles. The highest BCUT2D eigenvalue weighted by Gasteiger charge is 2.15. The van der Waals surface area contributed by atoms with Crippen LogP contribution in [-0.2, 0) is 16.0 Å². The second-order valence-corrected chi connectivity index (χ2v) is 9.49. The summed E-state index contributed by atoms with van der Waals surface area (Å²) in [4.78, 5) is 28.3. The molecule has 204 valence electrons. The number of hydrogen-bond donors (Lipinski definition) is 3. The van der Waals surface area contributed by atoms with Gasteiger partial charge in [0.25, 0.3) is 11.8 Å². The molecule has 10 heteroatoms. The van der Waals surface area contributed by atoms with Gasteiger partial charge in [0, 0.05) is 33.8 Å². The minimum absolute atomic E-state index is 0.0746. The van der Waals surface area contributed by atoms with Crippen molar-refractivity contribution >= 4 is 50.4 Å². The number of halogens is 2. The monoisotopic (exact) mass is 604 g/mol. The van der Waals surface area contributed by atoms with Gasteiger partial charge in [0.2, 0.25) is 0 Å². The van der Waals surface area contributed by atoms with Crippen LogP contribution in [0.2, 0.25) is 0 Å². The van der Waals surface area contributed by atoms with Crippen LogP contribution in [-0.4, -0.2) is 36.6 Å². The van der Waals surface area contributed by atoms with E-state index in [1.54, 1.807) is 19.1 Å². The molecule has 3 N–H and O–H groups in total. The van der Waals surface area contributed by atoms with E-state index in [9.17, 15) is 19.2 Å². The lowest BCUT2D eigenvalue weighted by atomic mass is 10.1. The topological polar surface area (TPSA) is 116 Å². The second-order valence-electron chi connectivity index (χ2n) is 8.63. The molecule has 3 aromatic carbocycles. The van der Waals surface area contributed by atoms with Gasteiger partial charge in [-0.05, 0) is 73.0 Å². The van der Waals surface area contributed by atoms with Crippen LogP contribution in [0.3, 0.4) is 0 Å². The van der Waals surface area contributed by atoms with E-state index in [-0.39, 0.29) is 12.2 Å². The van der Waals surface area contributed by atoms with E-state index in [0.717, 1.165) is 16.5 Å². The Labute approximate surface area is 238 Å². The molecule has 2 amide bonds. The Kier molecular flexibility index (Phi) is 9.54. The largest absolute Gasteiger partial charge is 0.490 e. The van der Waals surface area contributed by atoms with E-state index >= 15 is 0 Å². The van der Waals surface area contributed by atoms with E-state index in [2.05, 4.69) is 31.5 Å². The smallest absolute Gasteiger partial charge is 0.262 e. The molecular formula is C30H26BrFN4O4. The van der Waals surface area contributed by atoms with E-state index in [1.807, 2.05) is 36.5 Å². The van der Waals surface area contributed by atoms with Gasteiger partial charge >= 0.3 is 0 Å². The van der Waals surface area contributed by atoms with Crippen molar-refractivity contribution in [2.24, 2.45) is 0 Å². The number of benzene rings is 3. The Morgan fingerprint density at radius 3 is 2.60 bits per heavy atom. The van der Waals surface area contributed by atoms with Crippen LogP contribution in [0.25, 0.3) is 17.0 Å². The minimum atomic E-state index is -0.495. The molecule has 8 nitrogen and oxygen atoms in total. The van der Waals surface area contributed by atoms with Crippen molar-refractivity contribution in [3.63, 3.8) is 0 Å². The fourth-order valence-corrected chi connectivity index (χ4v) is 4.40. The third-order valence-electron chi connectivity index (χ3n) is 5.87. The highest BCUT2D eigenvalue weighted by Crippen LogP contribution is 2.35. The second kappa shape index (κ2) is 13.4. The summed E-state index contributed by atoms with van der Waals surface area (Å²) in [5.74, 6) is -0.710. The number of amides is 2. The summed E-state index contributed by atoms with van der Waals surface area (Å²) in [7, 11) is 0. The summed E-state index contributed by atoms with van der Waals surface area (Å²) < 4.78 is 25.0. The number of nitrogens with zero attached hydrogens (tertiary/aromatic N) is 1. The molecule has 0 spiro atoms. The van der Waals surface area contributed by atoms with Gasteiger partial charge in [-0.15, -0.1) is 0 Å². The lowest BCUT2D eigenvalue weighted by Gasteiger charge is -2.14. The minimum Gasteiger partial charge on any atom is -0.490 e. The van der Waals surface area contributed by atoms with Crippen molar-refractivity contribution < 1.29 is 23.5 Å². The maximum atomic E-state index is 13.1. The number of carbonyl (C=O) groups is 2. The van der Waals surface area contributed by atoms with Crippen molar-refractivity contribution in [1.82, 2.24) is 10.3 Å². The van der Waals surface area contributed by atoms with Gasteiger partial charge in [0.1, 0.15) is 17.5 Å². The summed E-state index contributed by atoms with van der Waals surface area (Å²) in [6.07, 6.45) is 3.98. The zero-order valence-electron chi connectivity index (χ0n) is 21.6. The number of aromatic amines is 1. The summed E-state index contributed by atoms with van der Waals surface area (Å²) in [5, 5.41) is 16.2. The van der Waals surface area contributed by atoms with Gasteiger partial charge in [-0.1, -0.05) is 34.1 Å². The molecule has 0 saturated heterocycles. The average molecular weight is 605 g/mol. The fourth-order valence-electron chi connectivity index (χ4n) is 3.96. The van der Waals surface area contributed by atoms with Crippen molar-refractivity contribution in [1.29, 1.82) is 5.26 Å². The molecule has 0 saturated carbocycles. The molecule has 0 radical (unpaired) electrons. The summed E-state index contributed by atoms with van der Waals surface area (Å²) >= 11 is 3.45. The molecule has 0 aliphatic carbocycles. The number of ether oxygens (including phenoxy) is 2. The number of nitrogens with one attached hydrogen (secondary N) is 3. The Balaban J connectivity index is 1.41. The van der Waals surface area contributed by atoms with Crippen LogP contribution in [0.4, 0.5) is 10.1 Å². The van der Waals surface area contributed by atoms with E-state index in [4.69, 9.17) is 9.47 Å². The molecule has 0 unspecified atom stereocenters. The molecule has 0 aliphatic heterocycles. The maximum Gasteiger partial charge on any atom is 0.262 e. The zero-order chi connectivity index (χ0) is 28.5. The van der Waals surface area contributed by atoms with Gasteiger partial charge < -0.3 is 25.1 Å². The number of carbonyl (C=O) groups excluding carboxylic acids is 2. The molecule has 0 atom stereocenters. The molecule has 4 aromatic rings. The Hall–Kier alpha value is -4.62.